The Kier molecular flexibility index (Phi) is 8.34. The maximum absolute atomic E-state index is 15.3. The molecular weight excluding hydrogens is 703 g/mol. The molecule has 278 valence electrons. The van der Waals surface area contributed by atoms with Gasteiger partial charge in [0.1, 0.15) is 5.75 Å². The summed E-state index contributed by atoms with van der Waals surface area (Å²) in [5.41, 5.74) is 7.53. The Hall–Kier alpha value is -6.61. The molecule has 9 heteroatoms. The van der Waals surface area contributed by atoms with Crippen LogP contribution in [0.25, 0.3) is 0 Å². The van der Waals surface area contributed by atoms with E-state index < -0.39 is 46.8 Å². The van der Waals surface area contributed by atoms with Gasteiger partial charge in [-0.15, -0.1) is 0 Å². The van der Waals surface area contributed by atoms with Crippen molar-refractivity contribution in [2.75, 3.05) is 10.3 Å². The third kappa shape index (κ3) is 5.25. The number of aromatic hydroxyl groups is 1. The average molecular weight is 742 g/mol. The lowest BCUT2D eigenvalue weighted by molar-refractivity contribution is -0.138. The van der Waals surface area contributed by atoms with E-state index in [0.717, 1.165) is 21.7 Å². The van der Waals surface area contributed by atoms with Crippen LogP contribution in [0, 0.1) is 37.5 Å². The van der Waals surface area contributed by atoms with Crippen molar-refractivity contribution >= 4 is 40.8 Å². The number of rotatable bonds is 7. The van der Waals surface area contributed by atoms with Crippen molar-refractivity contribution < 1.29 is 29.1 Å². The van der Waals surface area contributed by atoms with E-state index in [1.165, 1.54) is 4.90 Å². The Balaban J connectivity index is 1.15. The van der Waals surface area contributed by atoms with Gasteiger partial charge in [-0.1, -0.05) is 102 Å². The summed E-state index contributed by atoms with van der Waals surface area (Å²) in [6, 6.07) is 37.5. The Morgan fingerprint density at radius 2 is 1.39 bits per heavy atom. The number of nitrogens with one attached hydrogen (secondary N) is 1. The van der Waals surface area contributed by atoms with Gasteiger partial charge in [-0.3, -0.25) is 34.3 Å². The van der Waals surface area contributed by atoms with E-state index in [4.69, 9.17) is 0 Å². The third-order valence-corrected chi connectivity index (χ3v) is 12.4. The zero-order chi connectivity index (χ0) is 38.9. The molecule has 0 aromatic heterocycles. The molecule has 6 unspecified atom stereocenters. The van der Waals surface area contributed by atoms with Crippen LogP contribution >= 0.6 is 0 Å². The maximum Gasteiger partial charge on any atom is 0.260 e. The van der Waals surface area contributed by atoms with E-state index in [0.29, 0.717) is 33.6 Å². The number of fused-ring (bicyclic) bond motifs is 4. The van der Waals surface area contributed by atoms with Crippen molar-refractivity contribution in [1.29, 1.82) is 0 Å². The molecule has 5 aromatic rings. The van der Waals surface area contributed by atoms with Gasteiger partial charge in [0.05, 0.1) is 34.5 Å². The molecule has 2 saturated heterocycles. The number of anilines is 2. The van der Waals surface area contributed by atoms with Crippen molar-refractivity contribution in [1.82, 2.24) is 5.01 Å². The zero-order valence-corrected chi connectivity index (χ0v) is 30.9. The first-order valence-corrected chi connectivity index (χ1v) is 18.9. The van der Waals surface area contributed by atoms with Crippen LogP contribution < -0.4 is 10.3 Å². The van der Waals surface area contributed by atoms with Gasteiger partial charge >= 0.3 is 0 Å². The van der Waals surface area contributed by atoms with Gasteiger partial charge in [-0.2, -0.15) is 5.01 Å². The molecular formula is C47H39N3O6. The molecule has 2 aliphatic heterocycles. The van der Waals surface area contributed by atoms with Crippen molar-refractivity contribution in [3.63, 3.8) is 0 Å². The summed E-state index contributed by atoms with van der Waals surface area (Å²) in [6.45, 7) is 3.75. The Labute approximate surface area is 324 Å². The Bertz CT molecular complexity index is 2460. The SMILES string of the molecule is Cc1ccc(NN2C(=O)C3CC4C(=CCC5C(=O)N(c6ccc(C(=O)c7ccccc7)cc6)C(=O)C54)C(c4ccc(O)c(C)c4)C3(c3ccccc3)C2=O)cc1. The lowest BCUT2D eigenvalue weighted by atomic mass is 9.49. The molecule has 2 heterocycles. The minimum absolute atomic E-state index is 0.101. The van der Waals surface area contributed by atoms with Gasteiger partial charge in [0.15, 0.2) is 5.78 Å². The van der Waals surface area contributed by atoms with Crippen LogP contribution in [0.3, 0.4) is 0 Å². The molecule has 1 saturated carbocycles. The van der Waals surface area contributed by atoms with Gasteiger partial charge in [0, 0.05) is 17.0 Å². The lowest BCUT2D eigenvalue weighted by Crippen LogP contribution is -2.53. The molecule has 5 aromatic carbocycles. The van der Waals surface area contributed by atoms with Crippen LogP contribution in [0.2, 0.25) is 0 Å². The van der Waals surface area contributed by atoms with Gasteiger partial charge in [0.25, 0.3) is 11.8 Å². The Morgan fingerprint density at radius 1 is 0.732 bits per heavy atom. The highest BCUT2D eigenvalue weighted by Gasteiger charge is 2.70. The van der Waals surface area contributed by atoms with Crippen molar-refractivity contribution in [2.24, 2.45) is 23.7 Å². The molecule has 2 aliphatic carbocycles. The Morgan fingerprint density at radius 3 is 2.07 bits per heavy atom. The lowest BCUT2D eigenvalue weighted by Gasteiger charge is -2.50. The molecule has 9 nitrogen and oxygen atoms in total. The molecule has 2 N–H and O–H groups in total. The number of phenolic OH excluding ortho intramolecular Hbond substituents is 1. The summed E-state index contributed by atoms with van der Waals surface area (Å²) >= 11 is 0. The minimum atomic E-state index is -1.40. The van der Waals surface area contributed by atoms with E-state index in [1.54, 1.807) is 67.6 Å². The number of amides is 4. The molecule has 4 aliphatic rings. The number of carbonyl (C=O) groups is 5. The monoisotopic (exact) mass is 741 g/mol. The molecule has 6 atom stereocenters. The summed E-state index contributed by atoms with van der Waals surface area (Å²) in [4.78, 5) is 73.5. The van der Waals surface area contributed by atoms with Gasteiger partial charge in [-0.05, 0) is 91.8 Å². The number of allylic oxidation sites excluding steroid dienone is 2. The first-order chi connectivity index (χ1) is 27.1. The third-order valence-electron chi connectivity index (χ3n) is 12.4. The van der Waals surface area contributed by atoms with E-state index in [1.807, 2.05) is 79.7 Å². The number of nitrogens with zero attached hydrogens (tertiary/aromatic N) is 2. The van der Waals surface area contributed by atoms with Gasteiger partial charge in [-0.25, -0.2) is 0 Å². The maximum atomic E-state index is 15.3. The average Bonchev–Trinajstić information content (AvgIpc) is 3.60. The molecule has 3 fully saturated rings. The number of aryl methyl sites for hydroxylation is 2. The van der Waals surface area contributed by atoms with Crippen molar-refractivity contribution in [3.8, 4) is 5.75 Å². The molecule has 0 spiro atoms. The number of phenols is 1. The van der Waals surface area contributed by atoms with Crippen molar-refractivity contribution in [2.45, 2.75) is 38.0 Å². The van der Waals surface area contributed by atoms with Crippen molar-refractivity contribution in [3.05, 3.63) is 172 Å². The fourth-order valence-corrected chi connectivity index (χ4v) is 9.75. The summed E-state index contributed by atoms with van der Waals surface area (Å²) in [5, 5.41) is 11.8. The van der Waals surface area contributed by atoms with Crippen LogP contribution in [0.4, 0.5) is 11.4 Å². The second kappa shape index (κ2) is 13.3. The van der Waals surface area contributed by atoms with Crippen LogP contribution in [-0.2, 0) is 24.6 Å². The highest BCUT2D eigenvalue weighted by Crippen LogP contribution is 2.64. The normalized spacial score (nSPS) is 25.4. The number of carbonyl (C=O) groups excluding carboxylic acids is 5. The van der Waals surface area contributed by atoms with E-state index in [2.05, 4.69) is 5.43 Å². The number of imide groups is 2. The van der Waals surface area contributed by atoms with Crippen LogP contribution in [0.15, 0.2) is 139 Å². The minimum Gasteiger partial charge on any atom is -0.508 e. The number of hydrazine groups is 1. The zero-order valence-electron chi connectivity index (χ0n) is 30.9. The van der Waals surface area contributed by atoms with Crippen LogP contribution in [0.5, 0.6) is 5.75 Å². The van der Waals surface area contributed by atoms with E-state index >= 15 is 4.79 Å². The summed E-state index contributed by atoms with van der Waals surface area (Å²) in [5.74, 6) is -5.14. The largest absolute Gasteiger partial charge is 0.508 e. The highest BCUT2D eigenvalue weighted by molar-refractivity contribution is 6.23. The van der Waals surface area contributed by atoms with E-state index in [-0.39, 0.29) is 36.2 Å². The molecule has 56 heavy (non-hydrogen) atoms. The van der Waals surface area contributed by atoms with Gasteiger partial charge < -0.3 is 5.11 Å². The second-order valence-corrected chi connectivity index (χ2v) is 15.4. The topological polar surface area (TPSA) is 124 Å². The second-order valence-electron chi connectivity index (χ2n) is 15.4. The first kappa shape index (κ1) is 35.1. The number of ketones is 1. The summed E-state index contributed by atoms with van der Waals surface area (Å²) in [6.07, 6.45) is 2.46. The quantitative estimate of drug-likeness (QED) is 0.101. The molecule has 4 amide bonds. The summed E-state index contributed by atoms with van der Waals surface area (Å²) in [7, 11) is 0. The fraction of sp³-hybridized carbons (Fsp3) is 0.213. The summed E-state index contributed by atoms with van der Waals surface area (Å²) < 4.78 is 0. The predicted molar refractivity (Wildman–Crippen MR) is 210 cm³/mol. The standard InChI is InChI=1S/C47H39N3O6/c1-27-13-18-33(19-14-27)48-50-44(54)38-26-37-35(41(31-17-24-39(51)28(2)25-31)47(38,46(50)56)32-11-7-4-8-12-32)22-23-36-40(37)45(55)49(43(36)53)34-20-15-30(16-21-34)42(52)29-9-5-3-6-10-29/h3-22,24-25,36-38,40-41,48,51H,23,26H2,1-2H3. The van der Waals surface area contributed by atoms with Gasteiger partial charge in [0.2, 0.25) is 11.8 Å². The van der Waals surface area contributed by atoms with Crippen LogP contribution in [-0.4, -0.2) is 39.5 Å². The van der Waals surface area contributed by atoms with E-state index in [9.17, 15) is 24.3 Å². The highest BCUT2D eigenvalue weighted by atomic mass is 16.3. The smallest absolute Gasteiger partial charge is 0.260 e. The van der Waals surface area contributed by atoms with Crippen LogP contribution in [0.1, 0.15) is 56.9 Å². The number of benzene rings is 5. The predicted octanol–water partition coefficient (Wildman–Crippen LogP) is 7.43. The number of hydrogen-bond donors (Lipinski definition) is 2. The molecule has 0 bridgehead atoms. The fourth-order valence-electron chi connectivity index (χ4n) is 9.75. The molecule has 0 radical (unpaired) electrons. The number of hydrogen-bond acceptors (Lipinski definition) is 7. The molecule has 9 rings (SSSR count). The first-order valence-electron chi connectivity index (χ1n) is 18.9.